The molecule has 0 saturated carbocycles. The molecular formula is C15H18ClN3O. The van der Waals surface area contributed by atoms with Crippen LogP contribution in [0.3, 0.4) is 0 Å². The maximum Gasteiger partial charge on any atom is 0.276 e. The number of benzene rings is 1. The molecule has 0 radical (unpaired) electrons. The normalized spacial score (nSPS) is 10.8. The summed E-state index contributed by atoms with van der Waals surface area (Å²) in [5, 5.41) is 10.4. The molecule has 0 saturated heterocycles. The van der Waals surface area contributed by atoms with E-state index in [1.807, 2.05) is 13.0 Å². The number of aromatic nitrogens is 2. The Balaban J connectivity index is 2.09. The van der Waals surface area contributed by atoms with Crippen LogP contribution >= 0.6 is 11.6 Å². The van der Waals surface area contributed by atoms with Crippen LogP contribution in [0.2, 0.25) is 5.02 Å². The van der Waals surface area contributed by atoms with E-state index in [0.29, 0.717) is 16.6 Å². The minimum Gasteiger partial charge on any atom is -0.320 e. The Kier molecular flexibility index (Phi) is 4.45. The number of hydrogen-bond acceptors (Lipinski definition) is 2. The molecule has 1 aromatic heterocycles. The molecule has 2 N–H and O–H groups in total. The third-order valence-corrected chi connectivity index (χ3v) is 3.16. The summed E-state index contributed by atoms with van der Waals surface area (Å²) in [4.78, 5) is 12.1. The number of aryl methyl sites for hydroxylation is 1. The Labute approximate surface area is 123 Å². The van der Waals surface area contributed by atoms with Gasteiger partial charge in [0.2, 0.25) is 0 Å². The molecule has 0 aliphatic heterocycles. The van der Waals surface area contributed by atoms with Crippen molar-refractivity contribution in [2.45, 2.75) is 27.2 Å². The Morgan fingerprint density at radius 3 is 2.80 bits per heavy atom. The highest BCUT2D eigenvalue weighted by atomic mass is 35.5. The van der Waals surface area contributed by atoms with Gasteiger partial charge in [-0.05, 0) is 49.1 Å². The van der Waals surface area contributed by atoms with Gasteiger partial charge in [-0.1, -0.05) is 25.4 Å². The fourth-order valence-electron chi connectivity index (χ4n) is 1.98. The lowest BCUT2D eigenvalue weighted by Gasteiger charge is -2.07. The number of amides is 1. The van der Waals surface area contributed by atoms with E-state index in [0.717, 1.165) is 23.4 Å². The second-order valence-corrected chi connectivity index (χ2v) is 5.73. The van der Waals surface area contributed by atoms with Gasteiger partial charge in [-0.3, -0.25) is 9.89 Å². The third kappa shape index (κ3) is 3.61. The van der Waals surface area contributed by atoms with Crippen molar-refractivity contribution in [3.05, 3.63) is 46.2 Å². The van der Waals surface area contributed by atoms with Crippen molar-refractivity contribution < 1.29 is 4.79 Å². The topological polar surface area (TPSA) is 57.8 Å². The van der Waals surface area contributed by atoms with Crippen molar-refractivity contribution in [1.82, 2.24) is 10.2 Å². The van der Waals surface area contributed by atoms with Crippen molar-refractivity contribution >= 4 is 23.2 Å². The summed E-state index contributed by atoms with van der Waals surface area (Å²) in [7, 11) is 0. The standard InChI is InChI=1S/C15H18ClN3O/c1-9(2)6-12-8-14(19-18-12)15(20)17-13-5-4-11(16)7-10(13)3/h4-5,7-9H,6H2,1-3H3,(H,17,20)(H,18,19). The zero-order chi connectivity index (χ0) is 14.7. The van der Waals surface area contributed by atoms with Crippen molar-refractivity contribution in [2.24, 2.45) is 5.92 Å². The molecule has 106 valence electrons. The lowest BCUT2D eigenvalue weighted by molar-refractivity contribution is 0.102. The molecule has 20 heavy (non-hydrogen) atoms. The number of nitrogens with zero attached hydrogens (tertiary/aromatic N) is 1. The van der Waals surface area contributed by atoms with Gasteiger partial charge in [-0.25, -0.2) is 0 Å². The van der Waals surface area contributed by atoms with Gasteiger partial charge < -0.3 is 5.32 Å². The molecule has 2 aromatic rings. The second-order valence-electron chi connectivity index (χ2n) is 5.29. The molecule has 5 heteroatoms. The summed E-state index contributed by atoms with van der Waals surface area (Å²) < 4.78 is 0. The molecule has 0 spiro atoms. The molecule has 2 rings (SSSR count). The van der Waals surface area contributed by atoms with E-state index in [9.17, 15) is 4.79 Å². The van der Waals surface area contributed by atoms with E-state index in [-0.39, 0.29) is 5.91 Å². The second kappa shape index (κ2) is 6.09. The van der Waals surface area contributed by atoms with Crippen LogP contribution < -0.4 is 5.32 Å². The first-order valence-electron chi connectivity index (χ1n) is 6.57. The largest absolute Gasteiger partial charge is 0.320 e. The lowest BCUT2D eigenvalue weighted by atomic mass is 10.1. The number of carbonyl (C=O) groups is 1. The first-order valence-corrected chi connectivity index (χ1v) is 6.95. The minimum absolute atomic E-state index is 0.221. The average molecular weight is 292 g/mol. The smallest absolute Gasteiger partial charge is 0.276 e. The molecular weight excluding hydrogens is 274 g/mol. The van der Waals surface area contributed by atoms with Crippen molar-refractivity contribution in [2.75, 3.05) is 5.32 Å². The molecule has 0 atom stereocenters. The number of anilines is 1. The summed E-state index contributed by atoms with van der Waals surface area (Å²) in [6.07, 6.45) is 0.875. The number of aromatic amines is 1. The molecule has 0 fully saturated rings. The molecule has 0 aliphatic rings. The molecule has 4 nitrogen and oxygen atoms in total. The Morgan fingerprint density at radius 1 is 1.40 bits per heavy atom. The van der Waals surface area contributed by atoms with Crippen LogP contribution in [0.1, 0.15) is 35.6 Å². The molecule has 0 aliphatic carbocycles. The van der Waals surface area contributed by atoms with Gasteiger partial charge in [0.1, 0.15) is 0 Å². The monoisotopic (exact) mass is 291 g/mol. The van der Waals surface area contributed by atoms with Crippen LogP contribution in [0.4, 0.5) is 5.69 Å². The number of nitrogens with one attached hydrogen (secondary N) is 2. The third-order valence-electron chi connectivity index (χ3n) is 2.93. The first kappa shape index (κ1) is 14.6. The van der Waals surface area contributed by atoms with Crippen LogP contribution in [0.25, 0.3) is 0 Å². The SMILES string of the molecule is Cc1cc(Cl)ccc1NC(=O)c1cc(CC(C)C)[nH]n1. The average Bonchev–Trinajstić information content (AvgIpc) is 2.80. The molecule has 1 aromatic carbocycles. The van der Waals surface area contributed by atoms with Crippen molar-refractivity contribution in [3.63, 3.8) is 0 Å². The summed E-state index contributed by atoms with van der Waals surface area (Å²) >= 11 is 5.89. The quantitative estimate of drug-likeness (QED) is 0.899. The fourth-order valence-corrected chi connectivity index (χ4v) is 2.20. The van der Waals surface area contributed by atoms with Crippen LogP contribution in [-0.4, -0.2) is 16.1 Å². The Hall–Kier alpha value is -1.81. The van der Waals surface area contributed by atoms with Crippen LogP contribution in [-0.2, 0) is 6.42 Å². The van der Waals surface area contributed by atoms with Gasteiger partial charge in [-0.15, -0.1) is 0 Å². The number of carbonyl (C=O) groups excluding carboxylic acids is 1. The van der Waals surface area contributed by atoms with Gasteiger partial charge >= 0.3 is 0 Å². The van der Waals surface area contributed by atoms with Gasteiger partial charge in [0.15, 0.2) is 5.69 Å². The van der Waals surface area contributed by atoms with E-state index in [2.05, 4.69) is 29.4 Å². The van der Waals surface area contributed by atoms with E-state index >= 15 is 0 Å². The molecule has 1 amide bonds. The highest BCUT2D eigenvalue weighted by Gasteiger charge is 2.12. The van der Waals surface area contributed by atoms with Crippen LogP contribution in [0.5, 0.6) is 0 Å². The maximum atomic E-state index is 12.1. The van der Waals surface area contributed by atoms with Crippen LogP contribution in [0, 0.1) is 12.8 Å². The maximum absolute atomic E-state index is 12.1. The molecule has 1 heterocycles. The minimum atomic E-state index is -0.221. The number of rotatable bonds is 4. The summed E-state index contributed by atoms with van der Waals surface area (Å²) in [5.41, 5.74) is 3.03. The van der Waals surface area contributed by atoms with Gasteiger partial charge in [0, 0.05) is 16.4 Å². The van der Waals surface area contributed by atoms with E-state index in [4.69, 9.17) is 11.6 Å². The zero-order valence-electron chi connectivity index (χ0n) is 11.8. The predicted molar refractivity (Wildman–Crippen MR) is 81.3 cm³/mol. The summed E-state index contributed by atoms with van der Waals surface area (Å²) in [5.74, 6) is 0.298. The van der Waals surface area contributed by atoms with Gasteiger partial charge in [0.05, 0.1) is 0 Å². The van der Waals surface area contributed by atoms with E-state index in [1.165, 1.54) is 0 Å². The van der Waals surface area contributed by atoms with E-state index in [1.54, 1.807) is 18.2 Å². The Morgan fingerprint density at radius 2 is 2.15 bits per heavy atom. The summed E-state index contributed by atoms with van der Waals surface area (Å²) in [6.45, 7) is 6.14. The molecule has 0 unspecified atom stereocenters. The van der Waals surface area contributed by atoms with Crippen molar-refractivity contribution in [1.29, 1.82) is 0 Å². The number of H-pyrrole nitrogens is 1. The van der Waals surface area contributed by atoms with Gasteiger partial charge in [-0.2, -0.15) is 5.10 Å². The number of hydrogen-bond donors (Lipinski definition) is 2. The highest BCUT2D eigenvalue weighted by molar-refractivity contribution is 6.30. The Bertz CT molecular complexity index is 619. The van der Waals surface area contributed by atoms with Crippen LogP contribution in [0.15, 0.2) is 24.3 Å². The summed E-state index contributed by atoms with van der Waals surface area (Å²) in [6, 6.07) is 7.14. The van der Waals surface area contributed by atoms with E-state index < -0.39 is 0 Å². The van der Waals surface area contributed by atoms with Gasteiger partial charge in [0.25, 0.3) is 5.91 Å². The predicted octanol–water partition coefficient (Wildman–Crippen LogP) is 3.82. The zero-order valence-corrected chi connectivity index (χ0v) is 12.6. The number of halogens is 1. The lowest BCUT2D eigenvalue weighted by Crippen LogP contribution is -2.13. The first-order chi connectivity index (χ1) is 9.45. The van der Waals surface area contributed by atoms with Crippen molar-refractivity contribution in [3.8, 4) is 0 Å². The highest BCUT2D eigenvalue weighted by Crippen LogP contribution is 2.20. The fraction of sp³-hybridized carbons (Fsp3) is 0.333. The molecule has 0 bridgehead atoms.